The summed E-state index contributed by atoms with van der Waals surface area (Å²) < 4.78 is 0. The van der Waals surface area contributed by atoms with Gasteiger partial charge < -0.3 is 0 Å². The van der Waals surface area contributed by atoms with Crippen LogP contribution in [0.2, 0.25) is 10.6 Å². The molecule has 5 aliphatic rings. The molecule has 0 nitrogen and oxygen atoms in total. The molecule has 270 valence electrons. The minimum absolute atomic E-state index is 0.179. The van der Waals surface area contributed by atoms with E-state index in [-0.39, 0.29) is 21.5 Å². The van der Waals surface area contributed by atoms with Crippen LogP contribution in [0.4, 0.5) is 0 Å². The van der Waals surface area contributed by atoms with Crippen LogP contribution in [0.3, 0.4) is 0 Å². The van der Waals surface area contributed by atoms with Crippen LogP contribution < -0.4 is 21.9 Å². The Kier molecular flexibility index (Phi) is 7.35. The molecule has 2 heteroatoms. The van der Waals surface area contributed by atoms with E-state index < -0.39 is 0 Å². The van der Waals surface area contributed by atoms with Crippen LogP contribution in [0.25, 0.3) is 33.4 Å². The van der Waals surface area contributed by atoms with Crippen LogP contribution in [-0.2, 0) is 17.3 Å². The lowest BCUT2D eigenvalue weighted by atomic mass is 9.26. The van der Waals surface area contributed by atoms with Gasteiger partial charge in [0.25, 0.3) is 0 Å². The zero-order valence-corrected chi connectivity index (χ0v) is 33.2. The van der Waals surface area contributed by atoms with Crippen molar-refractivity contribution >= 4 is 35.3 Å². The first-order valence-electron chi connectivity index (χ1n) is 21.4. The van der Waals surface area contributed by atoms with Crippen LogP contribution in [0, 0.1) is 0 Å². The molecule has 2 aliphatic heterocycles. The summed E-state index contributed by atoms with van der Waals surface area (Å²) in [5, 5.41) is 0.460. The minimum atomic E-state index is 0.179. The third-order valence-electron chi connectivity index (χ3n) is 16.8. The molecule has 0 radical (unpaired) electrons. The fourth-order valence-electron chi connectivity index (χ4n) is 13.4. The lowest BCUT2D eigenvalue weighted by Crippen LogP contribution is -2.51. The number of fused-ring (bicyclic) bond motifs is 9. The van der Waals surface area contributed by atoms with Gasteiger partial charge in [-0.1, -0.05) is 209 Å². The lowest BCUT2D eigenvalue weighted by molar-refractivity contribution is 0.243. The van der Waals surface area contributed by atoms with Gasteiger partial charge in [0, 0.05) is 0 Å². The Hall–Kier alpha value is -4.55. The van der Waals surface area contributed by atoms with Crippen molar-refractivity contribution in [3.63, 3.8) is 0 Å². The zero-order chi connectivity index (χ0) is 37.2. The van der Waals surface area contributed by atoms with Crippen molar-refractivity contribution in [3.8, 4) is 33.4 Å². The zero-order valence-electron chi connectivity index (χ0n) is 33.2. The Bertz CT molecular complexity index is 2330. The maximum atomic E-state index is 2.60. The lowest BCUT2D eigenvalue weighted by Gasteiger charge is -2.48. The second-order valence-electron chi connectivity index (χ2n) is 19.1. The Balaban J connectivity index is 0.975. The third kappa shape index (κ3) is 4.61. The normalized spacial score (nSPS) is 27.2. The van der Waals surface area contributed by atoms with Crippen molar-refractivity contribution in [1.29, 1.82) is 0 Å². The monoisotopic (exact) mass is 710 g/mol. The van der Waals surface area contributed by atoms with Crippen molar-refractivity contribution in [1.82, 2.24) is 0 Å². The first-order valence-corrected chi connectivity index (χ1v) is 21.4. The van der Waals surface area contributed by atoms with Gasteiger partial charge in [-0.25, -0.2) is 0 Å². The minimum Gasteiger partial charge on any atom is -0.0735 e. The van der Waals surface area contributed by atoms with Crippen LogP contribution in [0.5, 0.6) is 0 Å². The predicted octanol–water partition coefficient (Wildman–Crippen LogP) is 11.0. The van der Waals surface area contributed by atoms with E-state index in [0.717, 1.165) is 6.42 Å². The van der Waals surface area contributed by atoms with Gasteiger partial charge in [-0.15, -0.1) is 0 Å². The molecule has 0 spiro atoms. The summed E-state index contributed by atoms with van der Waals surface area (Å²) in [5.74, 6) is 0. The Labute approximate surface area is 330 Å². The maximum absolute atomic E-state index is 2.60. The summed E-state index contributed by atoms with van der Waals surface area (Å²) in [7, 11) is 0. The molecular formula is C53H52B2. The molecular weight excluding hydrogens is 658 g/mol. The molecule has 0 amide bonds. The summed E-state index contributed by atoms with van der Waals surface area (Å²) >= 11 is 0. The van der Waals surface area contributed by atoms with Gasteiger partial charge >= 0.3 is 0 Å². The molecule has 3 aliphatic carbocycles. The van der Waals surface area contributed by atoms with Crippen molar-refractivity contribution < 1.29 is 0 Å². The highest BCUT2D eigenvalue weighted by Crippen LogP contribution is 2.63. The molecule has 4 unspecified atom stereocenters. The summed E-state index contributed by atoms with van der Waals surface area (Å²) in [6.07, 6.45) is 11.5. The quantitative estimate of drug-likeness (QED) is 0.160. The van der Waals surface area contributed by atoms with Gasteiger partial charge in [0.1, 0.15) is 0 Å². The van der Waals surface area contributed by atoms with Crippen molar-refractivity contribution in [2.45, 2.75) is 107 Å². The van der Waals surface area contributed by atoms with E-state index in [1.165, 1.54) is 107 Å². The van der Waals surface area contributed by atoms with E-state index in [9.17, 15) is 0 Å². The SMILES string of the molecule is CC12CCCCC1(C)c1cc(-c3ccc4c(c3)-c3cc(-c5ccc6c(c5)C5(C)CCCCC5(C)B6c5ccccc5)ccc3C4)ccc1B2c1ccccc1. The molecule has 11 rings (SSSR count). The number of benzene rings is 6. The van der Waals surface area contributed by atoms with Crippen molar-refractivity contribution in [3.05, 3.63) is 156 Å². The number of hydrogen-bond donors (Lipinski definition) is 0. The number of hydrogen-bond acceptors (Lipinski definition) is 0. The predicted molar refractivity (Wildman–Crippen MR) is 237 cm³/mol. The van der Waals surface area contributed by atoms with Crippen LogP contribution in [0.1, 0.15) is 101 Å². The highest BCUT2D eigenvalue weighted by atomic mass is 14.5. The maximum Gasteiger partial charge on any atom is 0.216 e. The molecule has 0 saturated heterocycles. The Morgan fingerprint density at radius 3 is 1.22 bits per heavy atom. The fourth-order valence-corrected chi connectivity index (χ4v) is 13.4. The summed E-state index contributed by atoms with van der Waals surface area (Å²) in [6.45, 7) is 11.3. The van der Waals surface area contributed by atoms with E-state index in [1.807, 2.05) is 0 Å². The highest BCUT2D eigenvalue weighted by Gasteiger charge is 2.61. The molecule has 4 atom stereocenters. The first kappa shape index (κ1) is 33.8. The molecule has 0 N–H and O–H groups in total. The van der Waals surface area contributed by atoms with Gasteiger partial charge in [-0.2, -0.15) is 0 Å². The smallest absolute Gasteiger partial charge is 0.0735 e. The second-order valence-corrected chi connectivity index (χ2v) is 19.1. The molecule has 0 bridgehead atoms. The van der Waals surface area contributed by atoms with Gasteiger partial charge in [0.2, 0.25) is 13.4 Å². The summed E-state index contributed by atoms with van der Waals surface area (Å²) in [6, 6.07) is 52.5. The molecule has 2 saturated carbocycles. The van der Waals surface area contributed by atoms with Crippen LogP contribution in [0.15, 0.2) is 133 Å². The number of rotatable bonds is 4. The molecule has 55 heavy (non-hydrogen) atoms. The van der Waals surface area contributed by atoms with Crippen LogP contribution in [-0.4, -0.2) is 13.4 Å². The largest absolute Gasteiger partial charge is 0.216 e. The van der Waals surface area contributed by atoms with Gasteiger partial charge in [0.15, 0.2) is 0 Å². The highest BCUT2D eigenvalue weighted by molar-refractivity contribution is 6.90. The van der Waals surface area contributed by atoms with E-state index >= 15 is 0 Å². The molecule has 0 aromatic heterocycles. The van der Waals surface area contributed by atoms with Crippen LogP contribution >= 0.6 is 0 Å². The first-order chi connectivity index (χ1) is 26.7. The summed E-state index contributed by atoms with van der Waals surface area (Å²) in [4.78, 5) is 0. The van der Waals surface area contributed by atoms with E-state index in [2.05, 4.69) is 161 Å². The topological polar surface area (TPSA) is 0 Å². The van der Waals surface area contributed by atoms with Gasteiger partial charge in [0.05, 0.1) is 0 Å². The standard InChI is InChI=1S/C53H52B2/c1-50-27-11-13-29-52(50,3)54(42-15-7-5-8-16-42)48-25-23-38(34-46(48)50)36-19-21-40-31-41-22-20-37(33-45(41)44(40)32-36)39-24-26-49-47(35-39)51(2)28-12-14-30-53(51,4)55(49)43-17-9-6-10-18-43/h5-10,15-26,32-35H,11-14,27-31H2,1-4H3. The fraction of sp³-hybridized carbons (Fsp3) is 0.321. The Morgan fingerprint density at radius 1 is 0.400 bits per heavy atom. The molecule has 2 heterocycles. The van der Waals surface area contributed by atoms with E-state index in [0.29, 0.717) is 13.4 Å². The average Bonchev–Trinajstić information content (AvgIpc) is 3.76. The molecule has 6 aromatic rings. The average molecular weight is 711 g/mol. The second kappa shape index (κ2) is 12.0. The van der Waals surface area contributed by atoms with E-state index in [4.69, 9.17) is 0 Å². The van der Waals surface area contributed by atoms with Gasteiger partial charge in [-0.3, -0.25) is 0 Å². The van der Waals surface area contributed by atoms with Gasteiger partial charge in [-0.05, 0) is 108 Å². The molecule has 6 aromatic carbocycles. The summed E-state index contributed by atoms with van der Waals surface area (Å²) in [5.41, 5.74) is 20.8. The van der Waals surface area contributed by atoms with E-state index in [1.54, 1.807) is 22.1 Å². The molecule has 2 fully saturated rings. The third-order valence-corrected chi connectivity index (χ3v) is 16.8. The van der Waals surface area contributed by atoms with Crippen molar-refractivity contribution in [2.75, 3.05) is 0 Å². The Morgan fingerprint density at radius 2 is 0.782 bits per heavy atom. The van der Waals surface area contributed by atoms with Crippen molar-refractivity contribution in [2.24, 2.45) is 0 Å².